The number of thiazole rings is 1. The van der Waals surface area contributed by atoms with Crippen LogP contribution in [0.3, 0.4) is 0 Å². The van der Waals surface area contributed by atoms with E-state index < -0.39 is 0 Å². The Morgan fingerprint density at radius 3 is 2.57 bits per heavy atom. The number of benzene rings is 2. The van der Waals surface area contributed by atoms with Gasteiger partial charge in [0.25, 0.3) is 5.56 Å². The van der Waals surface area contributed by atoms with E-state index in [9.17, 15) is 9.59 Å². The van der Waals surface area contributed by atoms with Crippen molar-refractivity contribution in [3.05, 3.63) is 80.2 Å². The van der Waals surface area contributed by atoms with Crippen LogP contribution in [0, 0.1) is 13.8 Å². The first-order valence-corrected chi connectivity index (χ1v) is 10.3. The predicted molar refractivity (Wildman–Crippen MR) is 119 cm³/mol. The molecule has 3 aromatic heterocycles. The fourth-order valence-electron chi connectivity index (χ4n) is 3.53. The summed E-state index contributed by atoms with van der Waals surface area (Å²) in [5, 5.41) is 4.43. The van der Waals surface area contributed by atoms with Gasteiger partial charge in [0.05, 0.1) is 15.6 Å². The molecule has 0 saturated carbocycles. The lowest BCUT2D eigenvalue weighted by Gasteiger charge is -1.98. The molecule has 148 valence electrons. The summed E-state index contributed by atoms with van der Waals surface area (Å²) in [4.78, 5) is 30.4. The van der Waals surface area contributed by atoms with Gasteiger partial charge in [-0.25, -0.2) is 14.1 Å². The molecular weight excluding hydrogens is 396 g/mol. The standard InChI is InChI=1S/C23H18N4O2S/c1-13-9-18-19(10-14(13)2)27-22(29)20(30-23(27)24-18)11-17-12-26(15(3)28)25-21(17)16-7-5-4-6-8-16/h4-12H,1-3H3/b20-11+. The molecule has 0 aliphatic rings. The minimum Gasteiger partial charge on any atom is -0.273 e. The number of aryl methyl sites for hydroxylation is 2. The lowest BCUT2D eigenvalue weighted by atomic mass is 10.1. The van der Waals surface area contributed by atoms with Gasteiger partial charge in [0.15, 0.2) is 4.96 Å². The van der Waals surface area contributed by atoms with Gasteiger partial charge in [0.1, 0.15) is 5.69 Å². The van der Waals surface area contributed by atoms with Crippen LogP contribution in [0.1, 0.15) is 28.4 Å². The second kappa shape index (κ2) is 6.74. The normalized spacial score (nSPS) is 12.3. The smallest absolute Gasteiger partial charge is 0.273 e. The molecule has 0 N–H and O–H groups in total. The van der Waals surface area contributed by atoms with Crippen molar-refractivity contribution in [3.63, 3.8) is 0 Å². The zero-order valence-electron chi connectivity index (χ0n) is 16.7. The van der Waals surface area contributed by atoms with Gasteiger partial charge in [0, 0.05) is 24.2 Å². The molecule has 7 heteroatoms. The summed E-state index contributed by atoms with van der Waals surface area (Å²) < 4.78 is 3.52. The second-order valence-electron chi connectivity index (χ2n) is 7.33. The van der Waals surface area contributed by atoms with E-state index in [0.717, 1.165) is 27.7 Å². The van der Waals surface area contributed by atoms with Crippen LogP contribution in [-0.2, 0) is 0 Å². The number of imidazole rings is 1. The monoisotopic (exact) mass is 414 g/mol. The van der Waals surface area contributed by atoms with Crippen molar-refractivity contribution in [1.82, 2.24) is 19.2 Å². The summed E-state index contributed by atoms with van der Waals surface area (Å²) in [7, 11) is 0. The summed E-state index contributed by atoms with van der Waals surface area (Å²) in [6.07, 6.45) is 3.46. The van der Waals surface area contributed by atoms with Gasteiger partial charge in [-0.2, -0.15) is 5.10 Å². The summed E-state index contributed by atoms with van der Waals surface area (Å²) in [6.45, 7) is 5.53. The highest BCUT2D eigenvalue weighted by molar-refractivity contribution is 7.15. The maximum Gasteiger partial charge on any atom is 0.274 e. The van der Waals surface area contributed by atoms with E-state index in [2.05, 4.69) is 10.1 Å². The molecular formula is C23H18N4O2S. The summed E-state index contributed by atoms with van der Waals surface area (Å²) >= 11 is 1.34. The summed E-state index contributed by atoms with van der Waals surface area (Å²) in [6, 6.07) is 13.6. The average Bonchev–Trinajstić information content (AvgIpc) is 3.38. The van der Waals surface area contributed by atoms with Crippen LogP contribution in [0.5, 0.6) is 0 Å². The van der Waals surface area contributed by atoms with Crippen molar-refractivity contribution in [2.75, 3.05) is 0 Å². The second-order valence-corrected chi connectivity index (χ2v) is 8.34. The molecule has 0 unspecified atom stereocenters. The number of nitrogens with zero attached hydrogens (tertiary/aromatic N) is 4. The van der Waals surface area contributed by atoms with E-state index in [4.69, 9.17) is 0 Å². The number of hydrogen-bond acceptors (Lipinski definition) is 5. The molecule has 0 radical (unpaired) electrons. The molecule has 0 saturated heterocycles. The van der Waals surface area contributed by atoms with Crippen LogP contribution in [0.15, 0.2) is 53.5 Å². The third kappa shape index (κ3) is 2.86. The van der Waals surface area contributed by atoms with Crippen LogP contribution >= 0.6 is 11.3 Å². The van der Waals surface area contributed by atoms with Gasteiger partial charge >= 0.3 is 0 Å². The highest BCUT2D eigenvalue weighted by Crippen LogP contribution is 2.23. The Hall–Kier alpha value is -3.58. The van der Waals surface area contributed by atoms with Crippen molar-refractivity contribution >= 4 is 39.3 Å². The van der Waals surface area contributed by atoms with Gasteiger partial charge < -0.3 is 0 Å². The number of fused-ring (bicyclic) bond motifs is 3. The predicted octanol–water partition coefficient (Wildman–Crippen LogP) is 3.60. The first-order chi connectivity index (χ1) is 14.4. The Balaban J connectivity index is 1.76. The lowest BCUT2D eigenvalue weighted by molar-refractivity contribution is 0.0921. The van der Waals surface area contributed by atoms with Gasteiger partial charge in [-0.15, -0.1) is 0 Å². The Morgan fingerprint density at radius 2 is 1.83 bits per heavy atom. The van der Waals surface area contributed by atoms with Gasteiger partial charge in [-0.1, -0.05) is 41.7 Å². The summed E-state index contributed by atoms with van der Waals surface area (Å²) in [5.74, 6) is -0.188. The Bertz CT molecular complexity index is 1560. The van der Waals surface area contributed by atoms with Crippen molar-refractivity contribution in [3.8, 4) is 11.3 Å². The van der Waals surface area contributed by atoms with Crippen LogP contribution < -0.4 is 10.1 Å². The van der Waals surface area contributed by atoms with E-state index in [1.165, 1.54) is 22.9 Å². The Kier molecular flexibility index (Phi) is 4.15. The first kappa shape index (κ1) is 18.4. The molecule has 0 aliphatic carbocycles. The quantitative estimate of drug-likeness (QED) is 0.443. The van der Waals surface area contributed by atoms with Crippen LogP contribution in [-0.4, -0.2) is 25.1 Å². The minimum atomic E-state index is -0.188. The van der Waals surface area contributed by atoms with E-state index in [1.807, 2.05) is 56.3 Å². The number of carbonyl (C=O) groups excluding carboxylic acids is 1. The molecule has 0 amide bonds. The van der Waals surface area contributed by atoms with Crippen molar-refractivity contribution < 1.29 is 4.79 Å². The van der Waals surface area contributed by atoms with E-state index in [0.29, 0.717) is 20.8 Å². The molecule has 0 aliphatic heterocycles. The van der Waals surface area contributed by atoms with Crippen molar-refractivity contribution in [1.29, 1.82) is 0 Å². The molecule has 0 spiro atoms. The molecule has 5 aromatic rings. The highest BCUT2D eigenvalue weighted by Gasteiger charge is 2.15. The number of carbonyl (C=O) groups is 1. The van der Waals surface area contributed by atoms with Gasteiger partial charge in [0.2, 0.25) is 5.91 Å². The Labute approximate surface area is 175 Å². The molecule has 0 fully saturated rings. The third-order valence-electron chi connectivity index (χ3n) is 5.25. The molecule has 3 heterocycles. The van der Waals surface area contributed by atoms with Crippen LogP contribution in [0.25, 0.3) is 33.3 Å². The minimum absolute atomic E-state index is 0.115. The highest BCUT2D eigenvalue weighted by atomic mass is 32.1. The molecule has 2 aromatic carbocycles. The molecule has 0 atom stereocenters. The number of rotatable bonds is 2. The first-order valence-electron chi connectivity index (χ1n) is 9.52. The Morgan fingerprint density at radius 1 is 1.10 bits per heavy atom. The van der Waals surface area contributed by atoms with Crippen LogP contribution in [0.2, 0.25) is 0 Å². The van der Waals surface area contributed by atoms with E-state index in [1.54, 1.807) is 16.7 Å². The number of aromatic nitrogens is 4. The largest absolute Gasteiger partial charge is 0.274 e. The summed E-state index contributed by atoms with van der Waals surface area (Å²) in [5.41, 5.74) is 6.05. The maximum absolute atomic E-state index is 13.2. The zero-order chi connectivity index (χ0) is 21.0. The van der Waals surface area contributed by atoms with E-state index in [-0.39, 0.29) is 11.5 Å². The van der Waals surface area contributed by atoms with E-state index >= 15 is 0 Å². The van der Waals surface area contributed by atoms with Crippen molar-refractivity contribution in [2.45, 2.75) is 20.8 Å². The molecule has 0 bridgehead atoms. The van der Waals surface area contributed by atoms with Crippen molar-refractivity contribution in [2.24, 2.45) is 0 Å². The fraction of sp³-hybridized carbons (Fsp3) is 0.130. The molecule has 5 rings (SSSR count). The zero-order valence-corrected chi connectivity index (χ0v) is 17.5. The van der Waals surface area contributed by atoms with Gasteiger partial charge in [-0.05, 0) is 43.2 Å². The fourth-order valence-corrected chi connectivity index (χ4v) is 4.51. The lowest BCUT2D eigenvalue weighted by Crippen LogP contribution is -2.22. The third-order valence-corrected chi connectivity index (χ3v) is 6.22. The maximum atomic E-state index is 13.2. The molecule has 6 nitrogen and oxygen atoms in total. The molecule has 30 heavy (non-hydrogen) atoms. The number of hydrogen-bond donors (Lipinski definition) is 0. The van der Waals surface area contributed by atoms with Crippen LogP contribution in [0.4, 0.5) is 0 Å². The average molecular weight is 414 g/mol. The SMILES string of the molecule is CC(=O)n1cc(/C=c2/sc3nc4cc(C)c(C)cc4n3c2=O)c(-c2ccccc2)n1. The van der Waals surface area contributed by atoms with Gasteiger partial charge in [-0.3, -0.25) is 9.59 Å². The topological polar surface area (TPSA) is 69.3 Å².